The Bertz CT molecular complexity index is 1170. The van der Waals surface area contributed by atoms with Crippen molar-refractivity contribution in [1.29, 1.82) is 0 Å². The van der Waals surface area contributed by atoms with Crippen molar-refractivity contribution < 1.29 is 24.2 Å². The summed E-state index contributed by atoms with van der Waals surface area (Å²) in [5.41, 5.74) is 5.49. The van der Waals surface area contributed by atoms with Crippen LogP contribution in [0.15, 0.2) is 85.1 Å². The first-order chi connectivity index (χ1) is 27.9. The highest BCUT2D eigenvalue weighted by atomic mass is 16.5. The molecule has 0 aromatic heterocycles. The van der Waals surface area contributed by atoms with Crippen molar-refractivity contribution in [1.82, 2.24) is 5.32 Å². The zero-order valence-corrected chi connectivity index (χ0v) is 36.4. The van der Waals surface area contributed by atoms with Gasteiger partial charge in [-0.25, -0.2) is 4.79 Å². The molecule has 0 aliphatic rings. The maximum atomic E-state index is 12.8. The van der Waals surface area contributed by atoms with Crippen molar-refractivity contribution in [2.45, 2.75) is 206 Å². The van der Waals surface area contributed by atoms with E-state index in [2.05, 4.69) is 104 Å². The number of unbranched alkanes of at least 4 members (excludes halogenated alkanes) is 14. The number of amides is 1. The van der Waals surface area contributed by atoms with Gasteiger partial charge in [-0.1, -0.05) is 157 Å². The van der Waals surface area contributed by atoms with Gasteiger partial charge in [-0.05, 0) is 115 Å². The number of carboxylic acid groups (broad SMARTS) is 1. The lowest BCUT2D eigenvalue weighted by molar-refractivity contribution is -0.147. The molecule has 2 unspecified atom stereocenters. The Balaban J connectivity index is 4.31. The number of hydrogen-bond acceptors (Lipinski definition) is 5. The quantitative estimate of drug-likeness (QED) is 0.0323. The van der Waals surface area contributed by atoms with Gasteiger partial charge in [0, 0.05) is 12.8 Å². The van der Waals surface area contributed by atoms with E-state index in [1.807, 2.05) is 0 Å². The van der Waals surface area contributed by atoms with Gasteiger partial charge in [0.2, 0.25) is 5.91 Å². The average molecular weight is 793 g/mol. The van der Waals surface area contributed by atoms with Gasteiger partial charge in [0.15, 0.2) is 0 Å². The molecule has 0 bridgehead atoms. The Morgan fingerprint density at radius 1 is 0.544 bits per heavy atom. The van der Waals surface area contributed by atoms with E-state index in [1.165, 1.54) is 44.9 Å². The number of carbonyl (C=O) groups is 3. The van der Waals surface area contributed by atoms with Crippen LogP contribution in [0.4, 0.5) is 0 Å². The van der Waals surface area contributed by atoms with Crippen LogP contribution in [0.5, 0.6) is 0 Å². The third kappa shape index (κ3) is 40.5. The van der Waals surface area contributed by atoms with E-state index in [4.69, 9.17) is 10.5 Å². The Morgan fingerprint density at radius 2 is 1.02 bits per heavy atom. The van der Waals surface area contributed by atoms with E-state index in [0.29, 0.717) is 38.6 Å². The lowest BCUT2D eigenvalue weighted by Crippen LogP contribution is -2.40. The molecule has 0 spiro atoms. The van der Waals surface area contributed by atoms with Crippen LogP contribution >= 0.6 is 0 Å². The second-order valence-electron chi connectivity index (χ2n) is 15.1. The Kier molecular flexibility index (Phi) is 41.0. The normalized spacial score (nSPS) is 13.5. The summed E-state index contributed by atoms with van der Waals surface area (Å²) >= 11 is 0. The van der Waals surface area contributed by atoms with E-state index >= 15 is 0 Å². The molecule has 7 heteroatoms. The first-order valence-electron chi connectivity index (χ1n) is 22.9. The van der Waals surface area contributed by atoms with Crippen LogP contribution in [-0.4, -0.2) is 41.6 Å². The predicted octanol–water partition coefficient (Wildman–Crippen LogP) is 13.3. The molecule has 0 aromatic rings. The second-order valence-corrected chi connectivity index (χ2v) is 15.1. The minimum Gasteiger partial charge on any atom is -0.480 e. The number of hydrogen-bond donors (Lipinski definition) is 3. The van der Waals surface area contributed by atoms with Gasteiger partial charge in [0.25, 0.3) is 0 Å². The van der Waals surface area contributed by atoms with Crippen LogP contribution in [-0.2, 0) is 19.1 Å². The van der Waals surface area contributed by atoms with Gasteiger partial charge in [-0.3, -0.25) is 9.59 Å². The highest BCUT2D eigenvalue weighted by molar-refractivity contribution is 5.83. The lowest BCUT2D eigenvalue weighted by atomic mass is 10.1. The molecule has 4 N–H and O–H groups in total. The smallest absolute Gasteiger partial charge is 0.326 e. The van der Waals surface area contributed by atoms with Gasteiger partial charge in [0.05, 0.1) is 0 Å². The van der Waals surface area contributed by atoms with Crippen molar-refractivity contribution >= 4 is 17.8 Å². The van der Waals surface area contributed by atoms with E-state index in [0.717, 1.165) is 103 Å². The van der Waals surface area contributed by atoms with Gasteiger partial charge >= 0.3 is 11.9 Å². The van der Waals surface area contributed by atoms with Crippen molar-refractivity contribution in [3.05, 3.63) is 85.1 Å². The minimum absolute atomic E-state index is 0.114. The summed E-state index contributed by atoms with van der Waals surface area (Å²) in [5.74, 6) is -1.36. The number of aliphatic carboxylic acids is 1. The van der Waals surface area contributed by atoms with E-state index in [9.17, 15) is 19.5 Å². The van der Waals surface area contributed by atoms with Gasteiger partial charge in [0.1, 0.15) is 12.1 Å². The minimum atomic E-state index is -1.02. The van der Waals surface area contributed by atoms with Crippen molar-refractivity contribution in [2.24, 2.45) is 5.73 Å². The molecule has 0 saturated carbocycles. The molecule has 0 rings (SSSR count). The SMILES string of the molecule is CC/C=C\C/C=C\C/C=C\C/C=C\C/C=C\C/C=C\CCCCCCC(=O)OC(/C=C\CCCCCCCCC)CCCCCCC(=O)NC(CCCN)C(=O)O. The van der Waals surface area contributed by atoms with Crippen molar-refractivity contribution in [3.63, 3.8) is 0 Å². The topological polar surface area (TPSA) is 119 Å². The van der Waals surface area contributed by atoms with E-state index < -0.39 is 12.0 Å². The number of carboxylic acids is 1. The number of ether oxygens (including phenoxy) is 1. The number of allylic oxidation sites excluding steroid dienone is 13. The molecule has 0 aromatic carbocycles. The molecule has 2 atom stereocenters. The number of nitrogens with two attached hydrogens (primary N) is 1. The van der Waals surface area contributed by atoms with Crippen LogP contribution in [0, 0.1) is 0 Å². The summed E-state index contributed by atoms with van der Waals surface area (Å²) in [6, 6.07) is -0.877. The van der Waals surface area contributed by atoms with Crippen LogP contribution in [0.2, 0.25) is 0 Å². The molecule has 0 aliphatic carbocycles. The molecule has 57 heavy (non-hydrogen) atoms. The lowest BCUT2D eigenvalue weighted by Gasteiger charge is -2.15. The maximum absolute atomic E-state index is 12.8. The molecule has 324 valence electrons. The first kappa shape index (κ1) is 53.6. The van der Waals surface area contributed by atoms with Crippen molar-refractivity contribution in [2.75, 3.05) is 6.54 Å². The Hall–Kier alpha value is -3.45. The molecule has 0 saturated heterocycles. The third-order valence-corrected chi connectivity index (χ3v) is 9.68. The Labute approximate surface area is 349 Å². The molecular formula is C50H84N2O5. The molecule has 1 amide bonds. The van der Waals surface area contributed by atoms with Crippen LogP contribution < -0.4 is 11.1 Å². The van der Waals surface area contributed by atoms with Gasteiger partial charge in [-0.2, -0.15) is 0 Å². The largest absolute Gasteiger partial charge is 0.480 e. The third-order valence-electron chi connectivity index (χ3n) is 9.68. The Morgan fingerprint density at radius 3 is 1.56 bits per heavy atom. The molecule has 0 fully saturated rings. The highest BCUT2D eigenvalue weighted by Crippen LogP contribution is 2.15. The first-order valence-corrected chi connectivity index (χ1v) is 22.9. The zero-order valence-electron chi connectivity index (χ0n) is 36.4. The van der Waals surface area contributed by atoms with Crippen LogP contribution in [0.3, 0.4) is 0 Å². The summed E-state index contributed by atoms with van der Waals surface area (Å²) in [6.45, 7) is 4.80. The number of rotatable bonds is 40. The van der Waals surface area contributed by atoms with Gasteiger partial charge < -0.3 is 20.9 Å². The standard InChI is InChI=1S/C50H84N2O5/c1-3-5-7-9-11-13-14-15-16-17-18-19-20-21-22-23-24-25-26-28-30-32-38-44-49(54)57-46(40-35-31-29-27-12-10-8-6-4-2)41-36-33-34-37-43-48(53)52-47(50(55)56)42-39-45-51/h5,7,11,13,15-16,18-19,21-22,24-25,35,40,46-47H,3-4,6,8-10,12,14,17,20,23,26-34,36-39,41-45,51H2,1-2H3,(H,52,53)(H,55,56)/b7-5-,13-11-,16-15-,19-18-,22-21-,25-24-,40-35-. The number of nitrogens with one attached hydrogen (secondary N) is 1. The fraction of sp³-hybridized carbons (Fsp3) is 0.660. The molecule has 7 nitrogen and oxygen atoms in total. The fourth-order valence-corrected chi connectivity index (χ4v) is 6.24. The van der Waals surface area contributed by atoms with E-state index in [1.54, 1.807) is 0 Å². The molecule has 0 heterocycles. The summed E-state index contributed by atoms with van der Waals surface area (Å²) in [7, 11) is 0. The van der Waals surface area contributed by atoms with Crippen molar-refractivity contribution in [3.8, 4) is 0 Å². The number of esters is 1. The maximum Gasteiger partial charge on any atom is 0.326 e. The van der Waals surface area contributed by atoms with Gasteiger partial charge in [-0.15, -0.1) is 0 Å². The summed E-state index contributed by atoms with van der Waals surface area (Å²) in [6.07, 6.45) is 57.8. The molecule has 0 radical (unpaired) electrons. The second kappa shape index (κ2) is 43.7. The molecular weight excluding hydrogens is 709 g/mol. The zero-order chi connectivity index (χ0) is 41.7. The fourth-order valence-electron chi connectivity index (χ4n) is 6.24. The monoisotopic (exact) mass is 793 g/mol. The summed E-state index contributed by atoms with van der Waals surface area (Å²) in [4.78, 5) is 36.4. The number of carbonyl (C=O) groups excluding carboxylic acids is 2. The summed E-state index contributed by atoms with van der Waals surface area (Å²) < 4.78 is 5.93. The van der Waals surface area contributed by atoms with E-state index in [-0.39, 0.29) is 18.0 Å². The molecule has 0 aliphatic heterocycles. The predicted molar refractivity (Wildman–Crippen MR) is 243 cm³/mol. The van der Waals surface area contributed by atoms with Crippen LogP contribution in [0.25, 0.3) is 0 Å². The average Bonchev–Trinajstić information content (AvgIpc) is 3.20. The highest BCUT2D eigenvalue weighted by Gasteiger charge is 2.19. The summed E-state index contributed by atoms with van der Waals surface area (Å²) in [5, 5.41) is 11.9. The van der Waals surface area contributed by atoms with Crippen LogP contribution in [0.1, 0.15) is 194 Å².